The molecule has 0 bridgehead atoms. The second kappa shape index (κ2) is 9.30. The minimum Gasteiger partial charge on any atom is -0.490 e. The maximum absolute atomic E-state index is 12.7. The van der Waals surface area contributed by atoms with E-state index in [4.69, 9.17) is 26.2 Å². The molecule has 0 saturated carbocycles. The number of allylic oxidation sites excluding steroid dienone is 1. The third-order valence-electron chi connectivity index (χ3n) is 5.11. The van der Waals surface area contributed by atoms with Crippen LogP contribution in [0.5, 0.6) is 11.5 Å². The number of carbonyl (C=O) groups excluding carboxylic acids is 2. The van der Waals surface area contributed by atoms with Gasteiger partial charge in [0, 0.05) is 11.1 Å². The average Bonchev–Trinajstić information content (AvgIpc) is 3.04. The SMILES string of the molecule is CCOc1cc(C=C2C(=O)c3ccccc3C2=O)cc(Cl)c1OCc1cccc(C(=O)O)c1. The van der Waals surface area contributed by atoms with Crippen molar-refractivity contribution in [2.75, 3.05) is 6.61 Å². The molecule has 0 aliphatic heterocycles. The van der Waals surface area contributed by atoms with Crippen molar-refractivity contribution >= 4 is 35.2 Å². The Kier molecular flexibility index (Phi) is 6.29. The van der Waals surface area contributed by atoms with Crippen LogP contribution in [0.1, 0.15) is 49.1 Å². The monoisotopic (exact) mass is 462 g/mol. The van der Waals surface area contributed by atoms with Gasteiger partial charge in [-0.15, -0.1) is 0 Å². The van der Waals surface area contributed by atoms with E-state index < -0.39 is 5.97 Å². The van der Waals surface area contributed by atoms with E-state index in [9.17, 15) is 14.4 Å². The molecule has 0 heterocycles. The van der Waals surface area contributed by atoms with Gasteiger partial charge in [-0.3, -0.25) is 9.59 Å². The van der Waals surface area contributed by atoms with Gasteiger partial charge in [-0.2, -0.15) is 0 Å². The van der Waals surface area contributed by atoms with E-state index in [1.807, 2.05) is 0 Å². The molecule has 0 radical (unpaired) electrons. The largest absolute Gasteiger partial charge is 0.490 e. The van der Waals surface area contributed by atoms with Crippen LogP contribution in [0.25, 0.3) is 6.08 Å². The van der Waals surface area contributed by atoms with Crippen LogP contribution >= 0.6 is 11.6 Å². The third kappa shape index (κ3) is 4.52. The summed E-state index contributed by atoms with van der Waals surface area (Å²) in [7, 11) is 0. The number of ether oxygens (including phenoxy) is 2. The average molecular weight is 463 g/mol. The van der Waals surface area contributed by atoms with Gasteiger partial charge in [0.25, 0.3) is 0 Å². The topological polar surface area (TPSA) is 89.9 Å². The van der Waals surface area contributed by atoms with Crippen molar-refractivity contribution in [3.63, 3.8) is 0 Å². The van der Waals surface area contributed by atoms with Crippen LogP contribution < -0.4 is 9.47 Å². The zero-order valence-electron chi connectivity index (χ0n) is 17.6. The Morgan fingerprint density at radius 1 is 0.970 bits per heavy atom. The molecule has 0 aromatic heterocycles. The number of carboxylic acids is 1. The van der Waals surface area contributed by atoms with Gasteiger partial charge in [-0.25, -0.2) is 4.79 Å². The molecule has 166 valence electrons. The van der Waals surface area contributed by atoms with Gasteiger partial charge in [0.15, 0.2) is 23.1 Å². The van der Waals surface area contributed by atoms with Gasteiger partial charge in [0.2, 0.25) is 0 Å². The smallest absolute Gasteiger partial charge is 0.335 e. The fraction of sp³-hybridized carbons (Fsp3) is 0.115. The summed E-state index contributed by atoms with van der Waals surface area (Å²) in [6.45, 7) is 2.22. The lowest BCUT2D eigenvalue weighted by Crippen LogP contribution is -2.03. The number of fused-ring (bicyclic) bond motifs is 1. The molecule has 0 unspecified atom stereocenters. The van der Waals surface area contributed by atoms with Crippen LogP contribution in [0, 0.1) is 0 Å². The highest BCUT2D eigenvalue weighted by Crippen LogP contribution is 2.38. The van der Waals surface area contributed by atoms with Crippen LogP contribution in [-0.4, -0.2) is 29.2 Å². The molecule has 33 heavy (non-hydrogen) atoms. The fourth-order valence-corrected chi connectivity index (χ4v) is 3.87. The highest BCUT2D eigenvalue weighted by atomic mass is 35.5. The highest BCUT2D eigenvalue weighted by molar-refractivity contribution is 6.41. The van der Waals surface area contributed by atoms with Crippen molar-refractivity contribution in [3.8, 4) is 11.5 Å². The molecule has 3 aromatic rings. The lowest BCUT2D eigenvalue weighted by Gasteiger charge is -2.15. The van der Waals surface area contributed by atoms with E-state index in [0.717, 1.165) is 0 Å². The van der Waals surface area contributed by atoms with Crippen molar-refractivity contribution in [2.45, 2.75) is 13.5 Å². The van der Waals surface area contributed by atoms with Crippen molar-refractivity contribution < 1.29 is 29.0 Å². The number of benzene rings is 3. The third-order valence-corrected chi connectivity index (χ3v) is 5.39. The van der Waals surface area contributed by atoms with Crippen LogP contribution in [0.3, 0.4) is 0 Å². The van der Waals surface area contributed by atoms with Gasteiger partial charge in [-0.1, -0.05) is 48.0 Å². The number of ketones is 2. The second-order valence-electron chi connectivity index (χ2n) is 7.32. The Morgan fingerprint density at radius 2 is 1.67 bits per heavy atom. The molecular weight excluding hydrogens is 444 g/mol. The number of halogens is 1. The molecule has 4 rings (SSSR count). The Balaban J connectivity index is 1.63. The van der Waals surface area contributed by atoms with E-state index in [2.05, 4.69) is 0 Å². The zero-order valence-corrected chi connectivity index (χ0v) is 18.4. The standard InChI is InChI=1S/C26H19ClO6/c1-2-32-22-13-16(11-20-23(28)18-8-3-4-9-19(18)24(20)29)12-21(27)25(22)33-14-15-6-5-7-17(10-15)26(30)31/h3-13H,2,14H2,1H3,(H,30,31). The Morgan fingerprint density at radius 3 is 2.30 bits per heavy atom. The molecule has 0 amide bonds. The van der Waals surface area contributed by atoms with Crippen molar-refractivity contribution in [1.82, 2.24) is 0 Å². The summed E-state index contributed by atoms with van der Waals surface area (Å²) in [6.07, 6.45) is 1.50. The van der Waals surface area contributed by atoms with Crippen molar-refractivity contribution in [2.24, 2.45) is 0 Å². The van der Waals surface area contributed by atoms with Gasteiger partial charge in [0.1, 0.15) is 6.61 Å². The first-order valence-corrected chi connectivity index (χ1v) is 10.6. The number of Topliss-reactive ketones (excluding diaryl/α,β-unsaturated/α-hetero) is 2. The molecule has 7 heteroatoms. The Hall–Kier alpha value is -3.90. The quantitative estimate of drug-likeness (QED) is 0.369. The van der Waals surface area contributed by atoms with E-state index in [0.29, 0.717) is 34.6 Å². The first-order valence-electron chi connectivity index (χ1n) is 10.2. The highest BCUT2D eigenvalue weighted by Gasteiger charge is 2.32. The molecule has 6 nitrogen and oxygen atoms in total. The number of aromatic carboxylic acids is 1. The number of rotatable bonds is 7. The lowest BCUT2D eigenvalue weighted by atomic mass is 10.1. The minimum absolute atomic E-state index is 0.0638. The van der Waals surface area contributed by atoms with E-state index in [1.165, 1.54) is 18.2 Å². The summed E-state index contributed by atoms with van der Waals surface area (Å²) >= 11 is 6.47. The molecule has 0 spiro atoms. The Labute approximate surface area is 195 Å². The molecule has 0 saturated heterocycles. The number of carbonyl (C=O) groups is 3. The molecule has 1 aliphatic rings. The van der Waals surface area contributed by atoms with Crippen LogP contribution in [-0.2, 0) is 6.61 Å². The van der Waals surface area contributed by atoms with Gasteiger partial charge in [-0.05, 0) is 48.4 Å². The van der Waals surface area contributed by atoms with Crippen LogP contribution in [0.2, 0.25) is 5.02 Å². The van der Waals surface area contributed by atoms with Crippen molar-refractivity contribution in [3.05, 3.63) is 99.1 Å². The summed E-state index contributed by atoms with van der Waals surface area (Å²) in [6, 6.07) is 16.3. The molecule has 1 aliphatic carbocycles. The minimum atomic E-state index is -1.03. The normalized spacial score (nSPS) is 12.5. The van der Waals surface area contributed by atoms with Gasteiger partial charge in [0.05, 0.1) is 22.8 Å². The predicted octanol–water partition coefficient (Wildman–Crippen LogP) is 5.48. The zero-order chi connectivity index (χ0) is 23.5. The maximum Gasteiger partial charge on any atom is 0.335 e. The van der Waals surface area contributed by atoms with Gasteiger partial charge < -0.3 is 14.6 Å². The fourth-order valence-electron chi connectivity index (χ4n) is 3.59. The molecular formula is C26H19ClO6. The van der Waals surface area contributed by atoms with E-state index in [1.54, 1.807) is 55.5 Å². The summed E-state index contributed by atoms with van der Waals surface area (Å²) in [4.78, 5) is 36.6. The summed E-state index contributed by atoms with van der Waals surface area (Å²) < 4.78 is 11.5. The molecule has 3 aromatic carbocycles. The summed E-state index contributed by atoms with van der Waals surface area (Å²) in [5.41, 5.74) is 2.16. The second-order valence-corrected chi connectivity index (χ2v) is 7.73. The number of carboxylic acid groups (broad SMARTS) is 1. The molecule has 0 fully saturated rings. The lowest BCUT2D eigenvalue weighted by molar-refractivity contribution is 0.0696. The summed E-state index contributed by atoms with van der Waals surface area (Å²) in [5.74, 6) is -1.05. The predicted molar refractivity (Wildman–Crippen MR) is 123 cm³/mol. The van der Waals surface area contributed by atoms with Crippen LogP contribution in [0.15, 0.2) is 66.2 Å². The van der Waals surface area contributed by atoms with E-state index in [-0.39, 0.29) is 40.1 Å². The number of hydrogen-bond donors (Lipinski definition) is 1. The van der Waals surface area contributed by atoms with Gasteiger partial charge >= 0.3 is 5.97 Å². The molecule has 1 N–H and O–H groups in total. The summed E-state index contributed by atoms with van der Waals surface area (Å²) in [5, 5.41) is 9.39. The molecule has 0 atom stereocenters. The first-order chi connectivity index (χ1) is 15.9. The van der Waals surface area contributed by atoms with E-state index >= 15 is 0 Å². The Bertz CT molecular complexity index is 1270. The maximum atomic E-state index is 12.7. The first kappa shape index (κ1) is 22.3. The number of hydrogen-bond acceptors (Lipinski definition) is 5. The van der Waals surface area contributed by atoms with Crippen molar-refractivity contribution in [1.29, 1.82) is 0 Å². The van der Waals surface area contributed by atoms with Crippen LogP contribution in [0.4, 0.5) is 0 Å².